The fraction of sp³-hybridized carbons (Fsp3) is 0.778. The minimum Gasteiger partial charge on any atom is -0.465 e. The topological polar surface area (TPSA) is 81.9 Å². The number of carboxylic acid groups (broad SMARTS) is 1. The summed E-state index contributed by atoms with van der Waals surface area (Å²) in [6.45, 7) is 0. The SMILES string of the molecule is O=C(O)NC1CCC(C/C=N/O)CC1. The Kier molecular flexibility index (Phi) is 4.22. The Morgan fingerprint density at radius 1 is 1.43 bits per heavy atom. The molecule has 3 N–H and O–H groups in total. The quantitative estimate of drug-likeness (QED) is 0.368. The van der Waals surface area contributed by atoms with E-state index >= 15 is 0 Å². The molecule has 5 nitrogen and oxygen atoms in total. The van der Waals surface area contributed by atoms with Gasteiger partial charge in [-0.15, -0.1) is 5.16 Å². The number of rotatable bonds is 3. The molecule has 1 aliphatic carbocycles. The maximum atomic E-state index is 10.4. The summed E-state index contributed by atoms with van der Waals surface area (Å²) < 4.78 is 0. The molecule has 14 heavy (non-hydrogen) atoms. The van der Waals surface area contributed by atoms with Crippen LogP contribution in [0.5, 0.6) is 0 Å². The number of hydrogen-bond donors (Lipinski definition) is 3. The molecule has 0 heterocycles. The van der Waals surface area contributed by atoms with Crippen molar-refractivity contribution in [3.8, 4) is 0 Å². The highest BCUT2D eigenvalue weighted by Gasteiger charge is 2.21. The van der Waals surface area contributed by atoms with Crippen LogP contribution in [0, 0.1) is 5.92 Å². The third-order valence-corrected chi connectivity index (χ3v) is 2.69. The van der Waals surface area contributed by atoms with Crippen LogP contribution in [-0.4, -0.2) is 28.7 Å². The van der Waals surface area contributed by atoms with Crippen LogP contribution >= 0.6 is 0 Å². The van der Waals surface area contributed by atoms with Crippen molar-refractivity contribution in [2.45, 2.75) is 38.1 Å². The molecule has 1 aliphatic rings. The molecule has 5 heteroatoms. The standard InChI is InChI=1S/C9H16N2O3/c12-9(13)11-8-3-1-7(2-4-8)5-6-10-14/h6-8,11,14H,1-5H2,(H,12,13)/b10-6+. The highest BCUT2D eigenvalue weighted by Crippen LogP contribution is 2.25. The molecule has 0 radical (unpaired) electrons. The molecule has 0 aromatic heterocycles. The van der Waals surface area contributed by atoms with E-state index < -0.39 is 6.09 Å². The van der Waals surface area contributed by atoms with Gasteiger partial charge in [-0.25, -0.2) is 4.79 Å². The first kappa shape index (κ1) is 10.8. The number of hydrogen-bond acceptors (Lipinski definition) is 3. The van der Waals surface area contributed by atoms with E-state index in [-0.39, 0.29) is 6.04 Å². The van der Waals surface area contributed by atoms with E-state index in [1.165, 1.54) is 6.21 Å². The molecule has 0 spiro atoms. The van der Waals surface area contributed by atoms with Crippen molar-refractivity contribution >= 4 is 12.3 Å². The van der Waals surface area contributed by atoms with Gasteiger partial charge in [0.05, 0.1) is 0 Å². The van der Waals surface area contributed by atoms with Crippen LogP contribution in [0.15, 0.2) is 5.16 Å². The molecule has 80 valence electrons. The molecule has 1 saturated carbocycles. The van der Waals surface area contributed by atoms with Gasteiger partial charge < -0.3 is 15.6 Å². The minimum absolute atomic E-state index is 0.106. The second kappa shape index (κ2) is 5.47. The minimum atomic E-state index is -0.939. The smallest absolute Gasteiger partial charge is 0.404 e. The van der Waals surface area contributed by atoms with Crippen LogP contribution in [0.1, 0.15) is 32.1 Å². The van der Waals surface area contributed by atoms with Crippen molar-refractivity contribution in [1.29, 1.82) is 0 Å². The average molecular weight is 200 g/mol. The highest BCUT2D eigenvalue weighted by atomic mass is 16.4. The van der Waals surface area contributed by atoms with E-state index in [0.717, 1.165) is 32.1 Å². The average Bonchev–Trinajstić information content (AvgIpc) is 2.16. The molecule has 0 aromatic carbocycles. The molecule has 0 bridgehead atoms. The lowest BCUT2D eigenvalue weighted by Gasteiger charge is -2.27. The van der Waals surface area contributed by atoms with E-state index in [4.69, 9.17) is 10.3 Å². The predicted octanol–water partition coefficient (Wildman–Crippen LogP) is 1.66. The predicted molar refractivity (Wildman–Crippen MR) is 51.8 cm³/mol. The molecule has 0 unspecified atom stereocenters. The zero-order valence-electron chi connectivity index (χ0n) is 8.02. The summed E-state index contributed by atoms with van der Waals surface area (Å²) in [5, 5.41) is 22.2. The summed E-state index contributed by atoms with van der Waals surface area (Å²) in [5.41, 5.74) is 0. The van der Waals surface area contributed by atoms with E-state index in [2.05, 4.69) is 10.5 Å². The van der Waals surface area contributed by atoms with Gasteiger partial charge in [-0.2, -0.15) is 0 Å². The van der Waals surface area contributed by atoms with Gasteiger partial charge in [0.15, 0.2) is 0 Å². The first-order valence-corrected chi connectivity index (χ1v) is 4.87. The Bertz CT molecular complexity index is 210. The van der Waals surface area contributed by atoms with Crippen molar-refractivity contribution in [1.82, 2.24) is 5.32 Å². The van der Waals surface area contributed by atoms with Crippen molar-refractivity contribution in [2.75, 3.05) is 0 Å². The second-order valence-electron chi connectivity index (χ2n) is 3.70. The first-order valence-electron chi connectivity index (χ1n) is 4.87. The van der Waals surface area contributed by atoms with Crippen LogP contribution in [0.25, 0.3) is 0 Å². The Hall–Kier alpha value is -1.26. The van der Waals surface area contributed by atoms with Crippen LogP contribution in [-0.2, 0) is 0 Å². The monoisotopic (exact) mass is 200 g/mol. The van der Waals surface area contributed by atoms with E-state index in [0.29, 0.717) is 5.92 Å². The van der Waals surface area contributed by atoms with Crippen molar-refractivity contribution in [3.63, 3.8) is 0 Å². The number of nitrogens with zero attached hydrogens (tertiary/aromatic N) is 1. The zero-order valence-corrected chi connectivity index (χ0v) is 8.02. The highest BCUT2D eigenvalue weighted by molar-refractivity contribution is 5.64. The van der Waals surface area contributed by atoms with Gasteiger partial charge in [-0.3, -0.25) is 0 Å². The molecule has 0 atom stereocenters. The second-order valence-corrected chi connectivity index (χ2v) is 3.70. The molecule has 0 aromatic rings. The van der Waals surface area contributed by atoms with E-state index in [1.54, 1.807) is 0 Å². The van der Waals surface area contributed by atoms with Gasteiger partial charge in [-0.1, -0.05) is 0 Å². The summed E-state index contributed by atoms with van der Waals surface area (Å²) in [6, 6.07) is 0.106. The van der Waals surface area contributed by atoms with Crippen LogP contribution in [0.4, 0.5) is 4.79 Å². The van der Waals surface area contributed by atoms with Crippen LogP contribution in [0.2, 0.25) is 0 Å². The van der Waals surface area contributed by atoms with Crippen molar-refractivity contribution in [3.05, 3.63) is 0 Å². The summed E-state index contributed by atoms with van der Waals surface area (Å²) in [4.78, 5) is 10.4. The molecule has 1 amide bonds. The third-order valence-electron chi connectivity index (χ3n) is 2.69. The Morgan fingerprint density at radius 3 is 2.57 bits per heavy atom. The fourth-order valence-corrected chi connectivity index (χ4v) is 1.91. The van der Waals surface area contributed by atoms with Gasteiger partial charge in [0, 0.05) is 12.3 Å². The Balaban J connectivity index is 2.20. The Morgan fingerprint density at radius 2 is 2.07 bits per heavy atom. The van der Waals surface area contributed by atoms with Crippen molar-refractivity contribution < 1.29 is 15.1 Å². The summed E-state index contributed by atoms with van der Waals surface area (Å²) in [7, 11) is 0. The number of nitrogens with one attached hydrogen (secondary N) is 1. The summed E-state index contributed by atoms with van der Waals surface area (Å²) in [5.74, 6) is 0.540. The van der Waals surface area contributed by atoms with Gasteiger partial charge in [0.2, 0.25) is 0 Å². The Labute approximate surface area is 82.8 Å². The number of oxime groups is 1. The van der Waals surface area contributed by atoms with Crippen molar-refractivity contribution in [2.24, 2.45) is 11.1 Å². The normalized spacial score (nSPS) is 27.7. The lowest BCUT2D eigenvalue weighted by molar-refractivity contribution is 0.182. The number of amides is 1. The largest absolute Gasteiger partial charge is 0.465 e. The first-order chi connectivity index (χ1) is 6.72. The van der Waals surface area contributed by atoms with E-state index in [1.807, 2.05) is 0 Å². The van der Waals surface area contributed by atoms with E-state index in [9.17, 15) is 4.79 Å². The maximum absolute atomic E-state index is 10.4. The van der Waals surface area contributed by atoms with Gasteiger partial charge in [-0.05, 0) is 38.0 Å². The van der Waals surface area contributed by atoms with Gasteiger partial charge in [0.25, 0.3) is 0 Å². The molecule has 1 fully saturated rings. The third kappa shape index (κ3) is 3.64. The lowest BCUT2D eigenvalue weighted by Crippen LogP contribution is -2.36. The molecular weight excluding hydrogens is 184 g/mol. The van der Waals surface area contributed by atoms with Gasteiger partial charge >= 0.3 is 6.09 Å². The molecular formula is C9H16N2O3. The van der Waals surface area contributed by atoms with Gasteiger partial charge in [0.1, 0.15) is 0 Å². The maximum Gasteiger partial charge on any atom is 0.404 e. The summed E-state index contributed by atoms with van der Waals surface area (Å²) >= 11 is 0. The van der Waals surface area contributed by atoms with Crippen LogP contribution < -0.4 is 5.32 Å². The molecule has 0 saturated heterocycles. The fourth-order valence-electron chi connectivity index (χ4n) is 1.91. The van der Waals surface area contributed by atoms with Crippen LogP contribution in [0.3, 0.4) is 0 Å². The number of carbonyl (C=O) groups is 1. The lowest BCUT2D eigenvalue weighted by atomic mass is 9.84. The zero-order chi connectivity index (χ0) is 10.4. The molecule has 1 rings (SSSR count). The molecule has 0 aliphatic heterocycles. The summed E-state index contributed by atoms with van der Waals surface area (Å²) in [6.07, 6.45) is 5.12.